The average Bonchev–Trinajstić information content (AvgIpc) is 0.781. The van der Waals surface area contributed by atoms with Crippen LogP contribution >= 0.6 is 7.82 Å². The monoisotopic (exact) mass is 1500 g/mol. The zero-order valence-electron chi connectivity index (χ0n) is 65.8. The fraction of sp³-hybridized carbons (Fsp3) is 0.841. The SMILES string of the molecule is C=CCOC(=O)O[C@@H](CCCCCCCCCCC)CCO[C@@H]1[C@@H](OCCCCCCCCCCCC)[C@H](OC(=O)OCC=C)[C@@H](CO[C@@H]2O[C@H](COC)[C@@H](OP(=O)(OCC=C)OCC=C)[C@H](OCC[C@H](CCCCCCC)OC)[C@H]2OC(=O)CCCCCCCCC/C=C\CCCCCC)O[C@@H]1O. The molecule has 0 amide bonds. The lowest BCUT2D eigenvalue weighted by Crippen LogP contribution is -2.64. The Kier molecular flexibility index (Phi) is 61.7. The van der Waals surface area contributed by atoms with E-state index in [1.165, 1.54) is 121 Å². The summed E-state index contributed by atoms with van der Waals surface area (Å²) in [7, 11) is -1.39. The van der Waals surface area contributed by atoms with Crippen molar-refractivity contribution in [2.24, 2.45) is 0 Å². The zero-order chi connectivity index (χ0) is 75.8. The first-order chi connectivity index (χ1) is 50.8. The molecule has 0 aromatic rings. The normalized spacial score (nSPS) is 21.1. The summed E-state index contributed by atoms with van der Waals surface area (Å²) in [4.78, 5) is 41.3. The van der Waals surface area contributed by atoms with Crippen molar-refractivity contribution in [3.8, 4) is 0 Å². The molecule has 104 heavy (non-hydrogen) atoms. The van der Waals surface area contributed by atoms with Crippen molar-refractivity contribution >= 4 is 26.1 Å². The van der Waals surface area contributed by atoms with Gasteiger partial charge in [-0.05, 0) is 64.2 Å². The van der Waals surface area contributed by atoms with E-state index in [1.807, 2.05) is 0 Å². The Labute approximate surface area is 629 Å². The van der Waals surface area contributed by atoms with Gasteiger partial charge in [0.15, 0.2) is 24.8 Å². The minimum atomic E-state index is -4.52. The average molecular weight is 1500 g/mol. The molecule has 0 saturated carbocycles. The van der Waals surface area contributed by atoms with Gasteiger partial charge in [-0.25, -0.2) is 14.2 Å². The van der Waals surface area contributed by atoms with E-state index in [0.717, 1.165) is 141 Å². The van der Waals surface area contributed by atoms with E-state index in [4.69, 9.17) is 75.2 Å². The lowest BCUT2D eigenvalue weighted by atomic mass is 9.97. The molecule has 12 atom stereocenters. The van der Waals surface area contributed by atoms with E-state index in [-0.39, 0.29) is 71.8 Å². The molecule has 0 bridgehead atoms. The Morgan fingerprint density at radius 2 is 0.865 bits per heavy atom. The predicted molar refractivity (Wildman–Crippen MR) is 411 cm³/mol. The van der Waals surface area contributed by atoms with Crippen molar-refractivity contribution in [3.05, 3.63) is 62.8 Å². The number of ether oxygens (including phenoxy) is 13. The minimum absolute atomic E-state index is 0.0190. The maximum Gasteiger partial charge on any atom is 0.509 e. The number of methoxy groups -OCH3 is 2. The molecule has 0 aromatic carbocycles. The van der Waals surface area contributed by atoms with Gasteiger partial charge in [-0.3, -0.25) is 18.4 Å². The number of rotatable bonds is 72. The highest BCUT2D eigenvalue weighted by atomic mass is 31.2. The van der Waals surface area contributed by atoms with Crippen molar-refractivity contribution in [1.82, 2.24) is 0 Å². The highest BCUT2D eigenvalue weighted by Crippen LogP contribution is 2.53. The highest BCUT2D eigenvalue weighted by Gasteiger charge is 2.55. The van der Waals surface area contributed by atoms with Crippen LogP contribution in [0.4, 0.5) is 9.59 Å². The molecule has 2 saturated heterocycles. The molecule has 2 aliphatic heterocycles. The Morgan fingerprint density at radius 1 is 0.433 bits per heavy atom. The Morgan fingerprint density at radius 3 is 1.38 bits per heavy atom. The van der Waals surface area contributed by atoms with Gasteiger partial charge in [0, 0.05) is 40.3 Å². The molecule has 606 valence electrons. The molecule has 0 aromatic heterocycles. The first-order valence-electron chi connectivity index (χ1n) is 40.8. The van der Waals surface area contributed by atoms with Crippen molar-refractivity contribution in [3.63, 3.8) is 0 Å². The van der Waals surface area contributed by atoms with Gasteiger partial charge in [-0.2, -0.15) is 0 Å². The first-order valence-corrected chi connectivity index (χ1v) is 42.3. The molecule has 0 unspecified atom stereocenters. The number of hydrogen-bond donors (Lipinski definition) is 1. The molecule has 2 rings (SSSR count). The van der Waals surface area contributed by atoms with E-state index < -0.39 is 100 Å². The van der Waals surface area contributed by atoms with Gasteiger partial charge in [-0.1, -0.05) is 270 Å². The van der Waals surface area contributed by atoms with Crippen molar-refractivity contribution in [2.45, 2.75) is 371 Å². The van der Waals surface area contributed by atoms with Crippen LogP contribution < -0.4 is 0 Å². The fourth-order valence-electron chi connectivity index (χ4n) is 12.9. The van der Waals surface area contributed by atoms with Gasteiger partial charge < -0.3 is 66.7 Å². The highest BCUT2D eigenvalue weighted by molar-refractivity contribution is 7.48. The van der Waals surface area contributed by atoms with Gasteiger partial charge in [-0.15, -0.1) is 13.2 Å². The maximum atomic E-state index is 14.8. The van der Waals surface area contributed by atoms with Crippen LogP contribution in [0.25, 0.3) is 0 Å². The molecule has 2 aliphatic rings. The lowest BCUT2D eigenvalue weighted by Gasteiger charge is -2.47. The number of unbranched alkanes of at least 4 members (excludes halogenated alkanes) is 32. The summed E-state index contributed by atoms with van der Waals surface area (Å²) in [5.74, 6) is -0.576. The number of esters is 1. The molecule has 0 spiro atoms. The Hall–Kier alpha value is -3.54. The van der Waals surface area contributed by atoms with Crippen molar-refractivity contribution in [2.75, 3.05) is 73.7 Å². The number of phosphoric ester groups is 1. The smallest absolute Gasteiger partial charge is 0.454 e. The molecule has 21 nitrogen and oxygen atoms in total. The maximum absolute atomic E-state index is 14.8. The van der Waals surface area contributed by atoms with Gasteiger partial charge in [0.05, 0.1) is 39.1 Å². The second kappa shape index (κ2) is 66.4. The first kappa shape index (κ1) is 96.5. The Bertz CT molecular complexity index is 2170. The minimum Gasteiger partial charge on any atom is -0.454 e. The van der Waals surface area contributed by atoms with Crippen LogP contribution in [0.15, 0.2) is 62.8 Å². The van der Waals surface area contributed by atoms with Gasteiger partial charge in [0.1, 0.15) is 55.9 Å². The van der Waals surface area contributed by atoms with Crippen LogP contribution in [0.3, 0.4) is 0 Å². The van der Waals surface area contributed by atoms with Crippen molar-refractivity contribution < 1.29 is 99.2 Å². The summed E-state index contributed by atoms with van der Waals surface area (Å²) in [5, 5.41) is 12.3. The summed E-state index contributed by atoms with van der Waals surface area (Å²) in [6, 6.07) is 0. The second-order valence-electron chi connectivity index (χ2n) is 27.8. The predicted octanol–water partition coefficient (Wildman–Crippen LogP) is 20.5. The third-order valence-electron chi connectivity index (χ3n) is 18.9. The van der Waals surface area contributed by atoms with E-state index in [0.29, 0.717) is 25.7 Å². The largest absolute Gasteiger partial charge is 0.509 e. The Balaban J connectivity index is 2.71. The summed E-state index contributed by atoms with van der Waals surface area (Å²) >= 11 is 0. The van der Waals surface area contributed by atoms with Gasteiger partial charge in [0.25, 0.3) is 0 Å². The quantitative estimate of drug-likeness (QED) is 0.0196. The van der Waals surface area contributed by atoms with Gasteiger partial charge >= 0.3 is 26.1 Å². The number of phosphoric acid groups is 1. The summed E-state index contributed by atoms with van der Waals surface area (Å²) < 4.78 is 114. The molecule has 2 fully saturated rings. The standard InChI is InChI=1S/C82H147O21P/c1-11-19-23-27-30-33-35-36-37-38-39-41-44-48-52-56-72(83)101-78-76(91-64-57-68(89-10)54-50-46-26-22-14-4)74(103-104(87,96-61-17-7)97-62-18-8)70(66-88-9)100-80(78)95-67-71-73(102-82(86)94-60-16-6)75(90-63-53-49-45-42-34-31-28-24-20-12-2)77(79(84)99-71)92-65-58-69(98-81(85)93-59-15-5)55-51-47-43-40-32-29-25-21-13-3/h15-18,33,35,68-71,73-80,84H,5-8,11-14,19-32,34,36-67H2,1-4,9-10H3/b35-33-/t68-,69-,70+,71+,73+,74+,75-,76-,77+,78+,79-,80+/m0/s1. The topological polar surface area (TPSA) is 236 Å². The third kappa shape index (κ3) is 46.7. The number of allylic oxidation sites excluding steroid dienone is 2. The summed E-state index contributed by atoms with van der Waals surface area (Å²) in [6.45, 7) is 22.6. The molecular formula is C82H147O21P. The zero-order valence-corrected chi connectivity index (χ0v) is 66.7. The van der Waals surface area contributed by atoms with Crippen LogP contribution in [-0.2, 0) is 84.5 Å². The number of aliphatic hydroxyl groups is 1. The summed E-state index contributed by atoms with van der Waals surface area (Å²) in [5.41, 5.74) is 0. The fourth-order valence-corrected chi connectivity index (χ4v) is 14.2. The number of carbonyl (C=O) groups is 3. The van der Waals surface area contributed by atoms with Gasteiger partial charge in [0.2, 0.25) is 0 Å². The van der Waals surface area contributed by atoms with Crippen LogP contribution in [0.5, 0.6) is 0 Å². The van der Waals surface area contributed by atoms with E-state index in [2.05, 4.69) is 66.2 Å². The van der Waals surface area contributed by atoms with Crippen LogP contribution in [0.1, 0.15) is 297 Å². The molecule has 2 heterocycles. The van der Waals surface area contributed by atoms with E-state index in [9.17, 15) is 24.1 Å². The molecule has 0 radical (unpaired) electrons. The van der Waals surface area contributed by atoms with Crippen molar-refractivity contribution in [1.29, 1.82) is 0 Å². The number of carbonyl (C=O) groups excluding carboxylic acids is 3. The lowest BCUT2D eigenvalue weighted by molar-refractivity contribution is -0.335. The van der Waals surface area contributed by atoms with Crippen LogP contribution in [0, 0.1) is 0 Å². The molecule has 22 heteroatoms. The van der Waals surface area contributed by atoms with Crippen LogP contribution in [0.2, 0.25) is 0 Å². The van der Waals surface area contributed by atoms with Crippen LogP contribution in [-0.4, -0.2) is 171 Å². The molecule has 0 aliphatic carbocycles. The van der Waals surface area contributed by atoms with E-state index in [1.54, 1.807) is 7.11 Å². The third-order valence-corrected chi connectivity index (χ3v) is 20.3. The molecular weight excluding hydrogens is 1350 g/mol. The number of hydrogen-bond acceptors (Lipinski definition) is 21. The molecule has 1 N–H and O–H groups in total. The summed E-state index contributed by atoms with van der Waals surface area (Å²) in [6.07, 6.45) is 36.2. The second-order valence-corrected chi connectivity index (χ2v) is 29.5. The van der Waals surface area contributed by atoms with E-state index >= 15 is 0 Å². The number of aliphatic hydroxyl groups excluding tert-OH is 1.